The first-order chi connectivity index (χ1) is 11.2. The first-order valence-electron chi connectivity index (χ1n) is 8.38. The molecule has 0 saturated carbocycles. The fourth-order valence-corrected chi connectivity index (χ4v) is 4.32. The Kier molecular flexibility index (Phi) is 6.08. The van der Waals surface area contributed by atoms with E-state index in [1.165, 1.54) is 19.3 Å². The molecule has 1 amide bonds. The van der Waals surface area contributed by atoms with Gasteiger partial charge in [-0.2, -0.15) is 11.8 Å². The van der Waals surface area contributed by atoms with Gasteiger partial charge in [-0.05, 0) is 37.5 Å². The van der Waals surface area contributed by atoms with Gasteiger partial charge >= 0.3 is 0 Å². The summed E-state index contributed by atoms with van der Waals surface area (Å²) in [5, 5.41) is 7.15. The molecule has 4 nitrogen and oxygen atoms in total. The molecule has 2 aliphatic rings. The van der Waals surface area contributed by atoms with Crippen molar-refractivity contribution in [1.29, 1.82) is 0 Å². The Labute approximate surface area is 147 Å². The molecular weight excluding hydrogens is 330 g/mol. The van der Waals surface area contributed by atoms with Crippen molar-refractivity contribution in [3.8, 4) is 0 Å². The lowest BCUT2D eigenvalue weighted by molar-refractivity contribution is -0.116. The predicted octanol–water partition coefficient (Wildman–Crippen LogP) is 3.36. The van der Waals surface area contributed by atoms with Gasteiger partial charge in [0.2, 0.25) is 5.91 Å². The lowest BCUT2D eigenvalue weighted by Crippen LogP contribution is -2.40. The molecule has 1 aromatic rings. The van der Waals surface area contributed by atoms with Crippen LogP contribution in [0.15, 0.2) is 18.2 Å². The summed E-state index contributed by atoms with van der Waals surface area (Å²) in [6.45, 7) is 3.08. The van der Waals surface area contributed by atoms with Crippen molar-refractivity contribution in [3.05, 3.63) is 23.2 Å². The molecule has 1 aromatic carbocycles. The number of thioether (sulfide) groups is 1. The number of rotatable bonds is 4. The zero-order valence-electron chi connectivity index (χ0n) is 13.3. The van der Waals surface area contributed by atoms with Crippen molar-refractivity contribution in [2.24, 2.45) is 0 Å². The summed E-state index contributed by atoms with van der Waals surface area (Å²) in [6, 6.07) is 6.07. The summed E-state index contributed by atoms with van der Waals surface area (Å²) in [4.78, 5) is 14.8. The van der Waals surface area contributed by atoms with Gasteiger partial charge in [-0.1, -0.05) is 11.6 Å². The minimum absolute atomic E-state index is 0.0607. The van der Waals surface area contributed by atoms with Crippen LogP contribution in [-0.2, 0) is 4.79 Å². The van der Waals surface area contributed by atoms with Crippen LogP contribution in [0.5, 0.6) is 0 Å². The second-order valence-corrected chi connectivity index (χ2v) is 7.77. The zero-order chi connectivity index (χ0) is 16.1. The van der Waals surface area contributed by atoms with Crippen LogP contribution in [0, 0.1) is 0 Å². The number of halogens is 1. The highest BCUT2D eigenvalue weighted by molar-refractivity contribution is 7.99. The van der Waals surface area contributed by atoms with Crippen molar-refractivity contribution in [1.82, 2.24) is 5.32 Å². The maximum absolute atomic E-state index is 12.4. The molecule has 2 N–H and O–H groups in total. The normalized spacial score (nSPS) is 22.0. The number of nitrogens with one attached hydrogen (secondary N) is 2. The third kappa shape index (κ3) is 4.78. The van der Waals surface area contributed by atoms with E-state index >= 15 is 0 Å². The van der Waals surface area contributed by atoms with Crippen LogP contribution in [-0.4, -0.2) is 43.1 Å². The third-order valence-electron chi connectivity index (χ3n) is 4.36. The Morgan fingerprint density at radius 2 is 2.17 bits per heavy atom. The molecule has 6 heteroatoms. The Bertz CT molecular complexity index is 543. The summed E-state index contributed by atoms with van der Waals surface area (Å²) < 4.78 is 0. The molecular formula is C17H24ClN3OS. The van der Waals surface area contributed by atoms with Crippen molar-refractivity contribution >= 4 is 40.6 Å². The number of hydrogen-bond acceptors (Lipinski definition) is 4. The quantitative estimate of drug-likeness (QED) is 0.871. The summed E-state index contributed by atoms with van der Waals surface area (Å²) in [7, 11) is 0. The Morgan fingerprint density at radius 1 is 1.35 bits per heavy atom. The first-order valence-corrected chi connectivity index (χ1v) is 9.91. The highest BCUT2D eigenvalue weighted by atomic mass is 35.5. The van der Waals surface area contributed by atoms with E-state index in [-0.39, 0.29) is 11.9 Å². The number of hydrogen-bond donors (Lipinski definition) is 2. The zero-order valence-corrected chi connectivity index (χ0v) is 14.9. The second kappa shape index (κ2) is 8.27. The topological polar surface area (TPSA) is 44.4 Å². The lowest BCUT2D eigenvalue weighted by atomic mass is 10.1. The molecule has 3 rings (SSSR count). The average molecular weight is 354 g/mol. The van der Waals surface area contributed by atoms with Crippen molar-refractivity contribution < 1.29 is 4.79 Å². The molecule has 2 fully saturated rings. The first kappa shape index (κ1) is 16.9. The number of amides is 1. The fourth-order valence-electron chi connectivity index (χ4n) is 3.19. The highest BCUT2D eigenvalue weighted by Gasteiger charge is 2.19. The van der Waals surface area contributed by atoms with Crippen molar-refractivity contribution in [2.45, 2.75) is 31.7 Å². The van der Waals surface area contributed by atoms with Gasteiger partial charge in [0, 0.05) is 48.6 Å². The van der Waals surface area contributed by atoms with E-state index in [4.69, 9.17) is 11.6 Å². The molecule has 0 spiro atoms. The molecule has 126 valence electrons. The second-order valence-electron chi connectivity index (χ2n) is 6.19. The largest absolute Gasteiger partial charge is 0.370 e. The molecule has 0 aliphatic carbocycles. The van der Waals surface area contributed by atoms with E-state index in [0.717, 1.165) is 42.5 Å². The molecule has 0 aromatic heterocycles. The van der Waals surface area contributed by atoms with Crippen LogP contribution in [0.2, 0.25) is 5.02 Å². The number of nitrogens with zero attached hydrogens (tertiary/aromatic N) is 1. The van der Waals surface area contributed by atoms with Gasteiger partial charge in [-0.25, -0.2) is 0 Å². The van der Waals surface area contributed by atoms with Gasteiger partial charge in [0.05, 0.1) is 11.4 Å². The van der Waals surface area contributed by atoms with E-state index in [1.807, 2.05) is 30.0 Å². The van der Waals surface area contributed by atoms with E-state index in [0.29, 0.717) is 11.4 Å². The Balaban J connectivity index is 1.67. The van der Waals surface area contributed by atoms with Crippen molar-refractivity contribution in [3.63, 3.8) is 0 Å². The van der Waals surface area contributed by atoms with Gasteiger partial charge in [0.25, 0.3) is 0 Å². The number of piperidine rings is 1. The van der Waals surface area contributed by atoms with Crippen LogP contribution < -0.4 is 15.5 Å². The van der Waals surface area contributed by atoms with E-state index in [1.54, 1.807) is 0 Å². The number of benzene rings is 1. The average Bonchev–Trinajstić information content (AvgIpc) is 2.56. The maximum Gasteiger partial charge on any atom is 0.226 e. The maximum atomic E-state index is 12.4. The Hall–Kier alpha value is -0.910. The molecule has 0 bridgehead atoms. The standard InChI is InChI=1S/C17H24ClN3OS/c18-13-4-5-16(21-7-2-1-3-8-21)15(10-13)20-17(22)11-14-12-23-9-6-19-14/h4-5,10,14,19H,1-3,6-9,11-12H2,(H,20,22). The third-order valence-corrected chi connectivity index (χ3v) is 5.73. The number of anilines is 2. The molecule has 2 aliphatic heterocycles. The smallest absolute Gasteiger partial charge is 0.226 e. The van der Waals surface area contributed by atoms with Crippen LogP contribution in [0.25, 0.3) is 0 Å². The minimum Gasteiger partial charge on any atom is -0.370 e. The van der Waals surface area contributed by atoms with Gasteiger partial charge in [-0.3, -0.25) is 4.79 Å². The SMILES string of the molecule is O=C(CC1CSCCN1)Nc1cc(Cl)ccc1N1CCCCC1. The van der Waals surface area contributed by atoms with E-state index < -0.39 is 0 Å². The molecule has 0 radical (unpaired) electrons. The van der Waals surface area contributed by atoms with Gasteiger partial charge < -0.3 is 15.5 Å². The fraction of sp³-hybridized carbons (Fsp3) is 0.588. The summed E-state index contributed by atoms with van der Waals surface area (Å²) in [5.74, 6) is 2.19. The lowest BCUT2D eigenvalue weighted by Gasteiger charge is -2.31. The van der Waals surface area contributed by atoms with Gasteiger partial charge in [-0.15, -0.1) is 0 Å². The minimum atomic E-state index is 0.0607. The van der Waals surface area contributed by atoms with Crippen LogP contribution in [0.3, 0.4) is 0 Å². The van der Waals surface area contributed by atoms with E-state index in [2.05, 4.69) is 15.5 Å². The summed E-state index contributed by atoms with van der Waals surface area (Å²) >= 11 is 8.05. The summed E-state index contributed by atoms with van der Waals surface area (Å²) in [6.07, 6.45) is 4.22. The van der Waals surface area contributed by atoms with Crippen LogP contribution >= 0.6 is 23.4 Å². The molecule has 23 heavy (non-hydrogen) atoms. The number of carbonyl (C=O) groups excluding carboxylic acids is 1. The Morgan fingerprint density at radius 3 is 2.91 bits per heavy atom. The van der Waals surface area contributed by atoms with E-state index in [9.17, 15) is 4.79 Å². The van der Waals surface area contributed by atoms with Crippen LogP contribution in [0.1, 0.15) is 25.7 Å². The number of carbonyl (C=O) groups is 1. The van der Waals surface area contributed by atoms with Crippen molar-refractivity contribution in [2.75, 3.05) is 41.4 Å². The predicted molar refractivity (Wildman–Crippen MR) is 99.9 cm³/mol. The monoisotopic (exact) mass is 353 g/mol. The van der Waals surface area contributed by atoms with Crippen LogP contribution in [0.4, 0.5) is 11.4 Å². The molecule has 2 saturated heterocycles. The highest BCUT2D eigenvalue weighted by Crippen LogP contribution is 2.31. The molecule has 2 heterocycles. The molecule has 1 unspecified atom stereocenters. The van der Waals surface area contributed by atoms with Gasteiger partial charge in [0.1, 0.15) is 0 Å². The summed E-state index contributed by atoms with van der Waals surface area (Å²) in [5.41, 5.74) is 1.93. The van der Waals surface area contributed by atoms with Gasteiger partial charge in [0.15, 0.2) is 0 Å². The molecule has 1 atom stereocenters.